The highest BCUT2D eigenvalue weighted by Crippen LogP contribution is 2.34. The molecule has 85 heavy (non-hydrogen) atoms. The van der Waals surface area contributed by atoms with Gasteiger partial charge in [0, 0.05) is 94.7 Å². The number of fused-ring (bicyclic) bond motifs is 6. The molecule has 0 fully saturated rings. The molecule has 0 amide bonds. The molecule has 0 bridgehead atoms. The Balaban J connectivity index is 0.000000145. The molecule has 0 spiro atoms. The first kappa shape index (κ1) is 63.8. The van der Waals surface area contributed by atoms with E-state index in [9.17, 15) is 10.0 Å². The number of ether oxygens (including phenoxy) is 3. The monoisotopic (exact) mass is 1160 g/mol. The van der Waals surface area contributed by atoms with Gasteiger partial charge in [0.25, 0.3) is 0 Å². The summed E-state index contributed by atoms with van der Waals surface area (Å²) in [6.45, 7) is 3.47. The molecule has 28 heteroatoms. The Bertz CT molecular complexity index is 2970. The lowest BCUT2D eigenvalue weighted by atomic mass is 9.70. The second-order valence-electron chi connectivity index (χ2n) is 20.4. The van der Waals surface area contributed by atoms with Crippen molar-refractivity contribution in [3.8, 4) is 17.2 Å². The topological polar surface area (TPSA) is 359 Å². The fraction of sp³-hybridized carbons (Fsp3) is 0.368. The van der Waals surface area contributed by atoms with E-state index < -0.39 is 42.7 Å². The normalized spacial score (nSPS) is 20.1. The number of rotatable bonds is 22. The Hall–Kier alpha value is -5.65. The lowest BCUT2D eigenvalue weighted by Crippen LogP contribution is -2.45. The molecule has 446 valence electrons. The average molecular weight is 1160 g/mol. The molecular formula is C57H74B6N6O16. The molecule has 0 aliphatic carbocycles. The highest BCUT2D eigenvalue weighted by Gasteiger charge is 2.48. The fourth-order valence-corrected chi connectivity index (χ4v) is 11.0. The Kier molecular flexibility index (Phi) is 23.5. The zero-order chi connectivity index (χ0) is 59.8. The summed E-state index contributed by atoms with van der Waals surface area (Å²) in [6, 6.07) is 40.5. The maximum absolute atomic E-state index is 9.81. The predicted molar refractivity (Wildman–Crippen MR) is 326 cm³/mol. The summed E-state index contributed by atoms with van der Waals surface area (Å²) < 4.78 is 64.6. The zero-order valence-corrected chi connectivity index (χ0v) is 47.4. The predicted octanol–water partition coefficient (Wildman–Crippen LogP) is -2.20. The van der Waals surface area contributed by atoms with E-state index in [1.165, 1.54) is 0 Å². The number of hydrogen-bond donors (Lipinski definition) is 11. The van der Waals surface area contributed by atoms with Crippen LogP contribution in [0.15, 0.2) is 127 Å². The Morgan fingerprint density at radius 2 is 0.624 bits per heavy atom. The quantitative estimate of drug-likeness (QED) is 0.0254. The Morgan fingerprint density at radius 3 is 1.04 bits per heavy atom. The molecule has 6 aliphatic heterocycles. The maximum Gasteiger partial charge on any atom is 0.495 e. The van der Waals surface area contributed by atoms with Gasteiger partial charge in [-0.1, -0.05) is 109 Å². The van der Waals surface area contributed by atoms with Crippen LogP contribution in [-0.2, 0) is 37.1 Å². The molecule has 6 heterocycles. The van der Waals surface area contributed by atoms with E-state index in [1.54, 1.807) is 6.07 Å². The highest BCUT2D eigenvalue weighted by atomic mass is 16.7. The second kappa shape index (κ2) is 31.3. The van der Waals surface area contributed by atoms with Gasteiger partial charge < -0.3 is 111 Å². The standard InChI is InChI=1S/C22H30B2N2O7.C16H18B2N2O3.C11H16BNO4.C8H10BNO2/c25-13-19-15-5-1-7-17(29-11-3-9-27)21(15)23(31-19)33-24-22-16(20(14-26)32-24)6-2-8-18(22)30-12-4-10-28;19-9-15-11-5-1-3-7-13(11)17(21-15)23-18-14-8-4-2-6-12(14)16(10-20)22-18;13-7-10-8-3-1-4-9(16-6-2-5-14)11(8)12(15)17-10;10-5-8-6-3-1-2-4-7(6)9(11)12-8/h1-2,5-8,19-20,27-28H,3-4,9-14,25-26H2;1-8,15-16H,9-10,19-20H2;1,3-4,10,14-15H,2,5-7,13H2;1-4,8,11H,5,10H2. The van der Waals surface area contributed by atoms with Crippen LogP contribution in [0.1, 0.15) is 89.3 Å². The molecule has 0 aromatic heterocycles. The van der Waals surface area contributed by atoms with E-state index in [0.29, 0.717) is 88.0 Å². The van der Waals surface area contributed by atoms with Crippen molar-refractivity contribution in [1.29, 1.82) is 0 Å². The second-order valence-corrected chi connectivity index (χ2v) is 20.4. The third-order valence-corrected chi connectivity index (χ3v) is 15.1. The van der Waals surface area contributed by atoms with Crippen LogP contribution >= 0.6 is 0 Å². The largest absolute Gasteiger partial charge is 0.495 e. The van der Waals surface area contributed by atoms with Crippen molar-refractivity contribution in [3.05, 3.63) is 161 Å². The van der Waals surface area contributed by atoms with Gasteiger partial charge in [-0.3, -0.25) is 0 Å². The minimum Gasteiger partial charge on any atom is -0.494 e. The van der Waals surface area contributed by atoms with E-state index in [-0.39, 0.29) is 69.5 Å². The van der Waals surface area contributed by atoms with Crippen molar-refractivity contribution in [2.45, 2.75) is 55.9 Å². The van der Waals surface area contributed by atoms with Crippen LogP contribution in [0.3, 0.4) is 0 Å². The molecule has 0 saturated carbocycles. The van der Waals surface area contributed by atoms with Crippen molar-refractivity contribution in [3.63, 3.8) is 0 Å². The van der Waals surface area contributed by atoms with Crippen molar-refractivity contribution in [2.24, 2.45) is 34.4 Å². The molecule has 0 saturated heterocycles. The molecule has 17 N–H and O–H groups in total. The third kappa shape index (κ3) is 14.7. The number of aliphatic hydroxyl groups is 3. The van der Waals surface area contributed by atoms with Crippen LogP contribution in [0, 0.1) is 0 Å². The molecule has 6 atom stereocenters. The number of nitrogens with two attached hydrogens (primary N) is 6. The summed E-state index contributed by atoms with van der Waals surface area (Å²) in [7, 11) is -4.26. The van der Waals surface area contributed by atoms with Crippen LogP contribution < -0.4 is 81.4 Å². The minimum atomic E-state index is -0.983. The number of benzene rings is 6. The first-order valence-electron chi connectivity index (χ1n) is 28.8. The average Bonchev–Trinajstić information content (AvgIpc) is 4.29. The summed E-state index contributed by atoms with van der Waals surface area (Å²) in [4.78, 5) is 0. The Labute approximate surface area is 497 Å². The molecule has 6 aromatic rings. The Morgan fingerprint density at radius 1 is 0.329 bits per heavy atom. The smallest absolute Gasteiger partial charge is 0.494 e. The summed E-state index contributed by atoms with van der Waals surface area (Å²) in [6.07, 6.45) is 0.210. The van der Waals surface area contributed by atoms with E-state index in [1.807, 2.05) is 121 Å². The summed E-state index contributed by atoms with van der Waals surface area (Å²) in [5.41, 5.74) is 45.5. The van der Waals surface area contributed by atoms with Crippen molar-refractivity contribution >= 4 is 75.5 Å². The van der Waals surface area contributed by atoms with E-state index in [4.69, 9.17) is 101 Å². The number of aliphatic hydroxyl groups excluding tert-OH is 3. The highest BCUT2D eigenvalue weighted by molar-refractivity contribution is 6.77. The van der Waals surface area contributed by atoms with Crippen molar-refractivity contribution < 1.29 is 76.6 Å². The van der Waals surface area contributed by atoms with Crippen LogP contribution in [0.5, 0.6) is 17.2 Å². The third-order valence-electron chi connectivity index (χ3n) is 15.1. The van der Waals surface area contributed by atoms with Crippen molar-refractivity contribution in [1.82, 2.24) is 0 Å². The zero-order valence-electron chi connectivity index (χ0n) is 47.4. The van der Waals surface area contributed by atoms with Gasteiger partial charge in [-0.25, -0.2) is 0 Å². The summed E-state index contributed by atoms with van der Waals surface area (Å²) >= 11 is 0. The van der Waals surface area contributed by atoms with Gasteiger partial charge in [0.1, 0.15) is 17.2 Å². The van der Waals surface area contributed by atoms with Crippen molar-refractivity contribution in [2.75, 3.05) is 78.9 Å². The SMILES string of the molecule is NCC1OB(O)c2c(OCCCO)cccc21.NCC1OB(O)c2ccccc21.NCC1OB(OB2OC(CN)c3cccc(OCCCO)c32)c2c(OCCCO)cccc21.NCC1OB(OB2OC(CN)c3ccccc32)c2ccccc21. The van der Waals surface area contributed by atoms with Gasteiger partial charge in [0.2, 0.25) is 0 Å². The van der Waals surface area contributed by atoms with E-state index >= 15 is 0 Å². The molecule has 22 nitrogen and oxygen atoms in total. The molecular weight excluding hydrogens is 1090 g/mol. The van der Waals surface area contributed by atoms with Gasteiger partial charge in [0.05, 0.1) is 56.4 Å². The van der Waals surface area contributed by atoms with Gasteiger partial charge in [-0.2, -0.15) is 0 Å². The van der Waals surface area contributed by atoms with Crippen LogP contribution in [-0.4, -0.2) is 147 Å². The van der Waals surface area contributed by atoms with Gasteiger partial charge >= 0.3 is 42.7 Å². The van der Waals surface area contributed by atoms with Crippen LogP contribution in [0.4, 0.5) is 0 Å². The van der Waals surface area contributed by atoms with Gasteiger partial charge in [0.15, 0.2) is 0 Å². The van der Waals surface area contributed by atoms with Crippen LogP contribution in [0.25, 0.3) is 0 Å². The lowest BCUT2D eigenvalue weighted by Gasteiger charge is -2.18. The molecule has 12 rings (SSSR count). The first-order valence-corrected chi connectivity index (χ1v) is 28.8. The fourth-order valence-electron chi connectivity index (χ4n) is 11.0. The van der Waals surface area contributed by atoms with Gasteiger partial charge in [-0.05, 0) is 68.0 Å². The summed E-state index contributed by atoms with van der Waals surface area (Å²) in [5, 5.41) is 46.1. The van der Waals surface area contributed by atoms with E-state index in [0.717, 1.165) is 60.7 Å². The first-order chi connectivity index (χ1) is 41.6. The molecule has 6 aliphatic rings. The minimum absolute atomic E-state index is 0.0448. The van der Waals surface area contributed by atoms with E-state index in [2.05, 4.69) is 0 Å². The summed E-state index contributed by atoms with van der Waals surface area (Å²) in [5.74, 6) is 1.85. The maximum atomic E-state index is 9.81. The molecule has 6 aromatic carbocycles. The van der Waals surface area contributed by atoms with Crippen LogP contribution in [0.2, 0.25) is 0 Å². The molecule has 0 radical (unpaired) electrons. The molecule has 6 unspecified atom stereocenters. The van der Waals surface area contributed by atoms with Gasteiger partial charge in [-0.15, -0.1) is 0 Å². The number of hydrogen-bond acceptors (Lipinski definition) is 22. The lowest BCUT2D eigenvalue weighted by molar-refractivity contribution is 0.168.